The Bertz CT molecular complexity index is 164. The number of nitrogens with zero attached hydrogens (tertiary/aromatic N) is 1. The quantitative estimate of drug-likeness (QED) is 0.464. The molecule has 0 saturated carbocycles. The minimum atomic E-state index is -4.24. The number of alkyl halides is 3. The van der Waals surface area contributed by atoms with Crippen LogP contribution >= 0.6 is 0 Å². The molecule has 0 fully saturated rings. The van der Waals surface area contributed by atoms with E-state index >= 15 is 0 Å². The van der Waals surface area contributed by atoms with E-state index in [1.165, 1.54) is 14.1 Å². The zero-order valence-electron chi connectivity index (χ0n) is 7.16. The van der Waals surface area contributed by atoms with Gasteiger partial charge >= 0.3 is 6.18 Å². The van der Waals surface area contributed by atoms with Gasteiger partial charge in [-0.05, 0) is 6.92 Å². The highest BCUT2D eigenvalue weighted by atomic mass is 19.4. The van der Waals surface area contributed by atoms with Gasteiger partial charge in [0.2, 0.25) is 0 Å². The van der Waals surface area contributed by atoms with Crippen LogP contribution in [0.1, 0.15) is 6.92 Å². The fourth-order valence-electron chi connectivity index (χ4n) is 0.535. The van der Waals surface area contributed by atoms with Crippen molar-refractivity contribution < 1.29 is 13.2 Å². The monoisotopic (exact) mass is 183 g/mol. The molecule has 1 unspecified atom stereocenters. The normalized spacial score (nSPS) is 15.7. The highest BCUT2D eigenvalue weighted by molar-refractivity contribution is 5.79. The molecule has 3 nitrogen and oxygen atoms in total. The number of halogens is 3. The molecule has 0 aromatic rings. The summed E-state index contributed by atoms with van der Waals surface area (Å²) in [6, 6.07) is -1.59. The van der Waals surface area contributed by atoms with Crippen LogP contribution in [0.3, 0.4) is 0 Å². The second kappa shape index (κ2) is 4.18. The molecule has 0 radical (unpaired) electrons. The summed E-state index contributed by atoms with van der Waals surface area (Å²) in [7, 11) is 2.90. The number of hydrogen-bond donors (Lipinski definition) is 2. The van der Waals surface area contributed by atoms with E-state index in [0.717, 1.165) is 6.92 Å². The number of rotatable bonds is 1. The Morgan fingerprint density at radius 3 is 2.17 bits per heavy atom. The van der Waals surface area contributed by atoms with Crippen LogP contribution in [-0.2, 0) is 0 Å². The molecule has 0 rings (SSSR count). The molecule has 72 valence electrons. The Kier molecular flexibility index (Phi) is 3.85. The first-order valence-corrected chi connectivity index (χ1v) is 3.39. The first-order valence-electron chi connectivity index (χ1n) is 3.39. The zero-order valence-corrected chi connectivity index (χ0v) is 7.16. The van der Waals surface area contributed by atoms with Gasteiger partial charge < -0.3 is 10.6 Å². The highest BCUT2D eigenvalue weighted by Crippen LogP contribution is 2.19. The third-order valence-electron chi connectivity index (χ3n) is 1.30. The van der Waals surface area contributed by atoms with Gasteiger partial charge in [-0.15, -0.1) is 0 Å². The van der Waals surface area contributed by atoms with Crippen LogP contribution in [0, 0.1) is 0 Å². The maximum absolute atomic E-state index is 11.9. The second-order valence-corrected chi connectivity index (χ2v) is 2.23. The predicted molar refractivity (Wildman–Crippen MR) is 41.1 cm³/mol. The molecular formula is C6H12F3N3. The summed E-state index contributed by atoms with van der Waals surface area (Å²) < 4.78 is 35.8. The Hall–Kier alpha value is -0.940. The predicted octanol–water partition coefficient (Wildman–Crippen LogP) is 0.732. The number of hydrogen-bond acceptors (Lipinski definition) is 1. The first kappa shape index (κ1) is 11.1. The Morgan fingerprint density at radius 2 is 1.92 bits per heavy atom. The van der Waals surface area contributed by atoms with Crippen molar-refractivity contribution in [2.75, 3.05) is 14.1 Å². The van der Waals surface area contributed by atoms with Crippen molar-refractivity contribution in [1.29, 1.82) is 0 Å². The van der Waals surface area contributed by atoms with E-state index < -0.39 is 12.2 Å². The lowest BCUT2D eigenvalue weighted by atomic mass is 10.3. The zero-order chi connectivity index (χ0) is 9.78. The number of guanidine groups is 1. The van der Waals surface area contributed by atoms with Crippen molar-refractivity contribution in [3.63, 3.8) is 0 Å². The van der Waals surface area contributed by atoms with Gasteiger partial charge in [0.15, 0.2) is 5.96 Å². The largest absolute Gasteiger partial charge is 0.408 e. The maximum atomic E-state index is 11.9. The van der Waals surface area contributed by atoms with E-state index in [0.29, 0.717) is 0 Å². The van der Waals surface area contributed by atoms with Crippen molar-refractivity contribution in [3.05, 3.63) is 0 Å². The van der Waals surface area contributed by atoms with Crippen LogP contribution in [0.25, 0.3) is 0 Å². The van der Waals surface area contributed by atoms with E-state index in [9.17, 15) is 13.2 Å². The van der Waals surface area contributed by atoms with Gasteiger partial charge in [-0.1, -0.05) is 0 Å². The minimum Gasteiger partial charge on any atom is -0.359 e. The lowest BCUT2D eigenvalue weighted by Crippen LogP contribution is -2.47. The molecule has 6 heteroatoms. The van der Waals surface area contributed by atoms with Gasteiger partial charge in [-0.3, -0.25) is 4.99 Å². The summed E-state index contributed by atoms with van der Waals surface area (Å²) in [5.74, 6) is 0.125. The Balaban J connectivity index is 4.09. The van der Waals surface area contributed by atoms with Crippen molar-refractivity contribution in [1.82, 2.24) is 10.6 Å². The van der Waals surface area contributed by atoms with Crippen LogP contribution in [0.4, 0.5) is 13.2 Å². The van der Waals surface area contributed by atoms with E-state index in [4.69, 9.17) is 0 Å². The third-order valence-corrected chi connectivity index (χ3v) is 1.30. The Morgan fingerprint density at radius 1 is 1.42 bits per heavy atom. The lowest BCUT2D eigenvalue weighted by molar-refractivity contribution is -0.147. The van der Waals surface area contributed by atoms with Gasteiger partial charge in [0.05, 0.1) is 0 Å². The van der Waals surface area contributed by atoms with Crippen LogP contribution in [0.15, 0.2) is 4.99 Å². The molecule has 2 N–H and O–H groups in total. The fraction of sp³-hybridized carbons (Fsp3) is 0.833. The topological polar surface area (TPSA) is 36.4 Å². The molecule has 0 aliphatic carbocycles. The van der Waals surface area contributed by atoms with Crippen molar-refractivity contribution in [2.24, 2.45) is 4.99 Å². The number of aliphatic imine (C=N–C) groups is 1. The highest BCUT2D eigenvalue weighted by Gasteiger charge is 2.36. The summed E-state index contributed by atoms with van der Waals surface area (Å²) in [4.78, 5) is 3.55. The van der Waals surface area contributed by atoms with Gasteiger partial charge in [0, 0.05) is 14.1 Å². The SMILES string of the molecule is CN=C(NC)NC(C)C(F)(F)F. The van der Waals surface area contributed by atoms with Crippen LogP contribution in [-0.4, -0.2) is 32.3 Å². The van der Waals surface area contributed by atoms with Crippen LogP contribution in [0.5, 0.6) is 0 Å². The molecule has 0 spiro atoms. The first-order chi connectivity index (χ1) is 5.41. The summed E-state index contributed by atoms with van der Waals surface area (Å²) >= 11 is 0. The van der Waals surface area contributed by atoms with Gasteiger partial charge in [0.25, 0.3) is 0 Å². The molecule has 0 amide bonds. The molecule has 0 bridgehead atoms. The standard InChI is InChI=1S/C6H12F3N3/c1-4(6(7,8)9)12-5(10-2)11-3/h4H,1-3H3,(H2,10,11,12). The van der Waals surface area contributed by atoms with Crippen molar-refractivity contribution >= 4 is 5.96 Å². The number of nitrogens with one attached hydrogen (secondary N) is 2. The lowest BCUT2D eigenvalue weighted by Gasteiger charge is -2.18. The summed E-state index contributed by atoms with van der Waals surface area (Å²) in [5, 5.41) is 4.66. The van der Waals surface area contributed by atoms with Gasteiger partial charge in [-0.25, -0.2) is 0 Å². The van der Waals surface area contributed by atoms with Gasteiger partial charge in [0.1, 0.15) is 6.04 Å². The van der Waals surface area contributed by atoms with Crippen molar-refractivity contribution in [3.8, 4) is 0 Å². The molecule has 1 atom stereocenters. The summed E-state index contributed by atoms with van der Waals surface area (Å²) in [5.41, 5.74) is 0. The molecule has 12 heavy (non-hydrogen) atoms. The fourth-order valence-corrected chi connectivity index (χ4v) is 0.535. The van der Waals surface area contributed by atoms with Crippen LogP contribution < -0.4 is 10.6 Å². The summed E-state index contributed by atoms with van der Waals surface area (Å²) in [6.07, 6.45) is -4.24. The van der Waals surface area contributed by atoms with Gasteiger partial charge in [-0.2, -0.15) is 13.2 Å². The second-order valence-electron chi connectivity index (χ2n) is 2.23. The maximum Gasteiger partial charge on any atom is 0.408 e. The summed E-state index contributed by atoms with van der Waals surface area (Å²) in [6.45, 7) is 1.03. The minimum absolute atomic E-state index is 0.125. The molecule has 0 aromatic heterocycles. The van der Waals surface area contributed by atoms with E-state index in [2.05, 4.69) is 15.6 Å². The average Bonchev–Trinajstić information content (AvgIpc) is 1.97. The molecule has 0 aromatic carbocycles. The smallest absolute Gasteiger partial charge is 0.359 e. The molecular weight excluding hydrogens is 171 g/mol. The third kappa shape index (κ3) is 3.45. The van der Waals surface area contributed by atoms with Crippen molar-refractivity contribution in [2.45, 2.75) is 19.1 Å². The molecule has 0 heterocycles. The van der Waals surface area contributed by atoms with E-state index in [1.807, 2.05) is 0 Å². The van der Waals surface area contributed by atoms with Crippen LogP contribution in [0.2, 0.25) is 0 Å². The molecule has 0 aliphatic heterocycles. The van der Waals surface area contributed by atoms with E-state index in [-0.39, 0.29) is 5.96 Å². The molecule has 0 aliphatic rings. The Labute approximate surface area is 69.1 Å². The van der Waals surface area contributed by atoms with E-state index in [1.54, 1.807) is 0 Å². The average molecular weight is 183 g/mol. The molecule has 0 saturated heterocycles.